The number of allylic oxidation sites excluding steroid dienone is 6. The van der Waals surface area contributed by atoms with Crippen molar-refractivity contribution in [2.45, 2.75) is 214 Å². The van der Waals surface area contributed by atoms with Gasteiger partial charge in [-0.2, -0.15) is 4.57 Å². The second-order valence-corrected chi connectivity index (χ2v) is 32.5. The van der Waals surface area contributed by atoms with Crippen LogP contribution in [0.2, 0.25) is 0 Å². The molecule has 594 valence electrons. The summed E-state index contributed by atoms with van der Waals surface area (Å²) in [5, 5.41) is 110. The zero-order valence-electron chi connectivity index (χ0n) is 62.7. The van der Waals surface area contributed by atoms with Crippen molar-refractivity contribution in [2.75, 3.05) is 18.9 Å². The van der Waals surface area contributed by atoms with Crippen LogP contribution in [-0.2, 0) is 59.0 Å². The summed E-state index contributed by atoms with van der Waals surface area (Å²) < 4.78 is 39.2. The Labute approximate surface area is 640 Å². The minimum Gasteiger partial charge on any atom is -0.862 e. The van der Waals surface area contributed by atoms with Gasteiger partial charge in [0, 0.05) is 112 Å². The summed E-state index contributed by atoms with van der Waals surface area (Å²) >= 11 is 0. The first-order chi connectivity index (χ1) is 50.4. The molecule has 37 heteroatoms. The van der Waals surface area contributed by atoms with Crippen LogP contribution < -0.4 is 53.5 Å². The molecule has 3 aromatic heterocycles. The second-order valence-electron chi connectivity index (χ2n) is 31.1. The number of phosphoric ester groups is 1. The average Bonchev–Trinajstić information content (AvgIpc) is 1.53. The maximum Gasteiger partial charge on any atom is 3.00 e. The van der Waals surface area contributed by atoms with E-state index in [0.717, 1.165) is 16.6 Å². The maximum absolute atomic E-state index is 14.4. The number of imidazole rings is 2. The molecular weight excluding hydrogens is 1480 g/mol. The number of phosphoric acid groups is 1. The molecular formula is C72H100CoN18O17P. The number of aryl methyl sites for hydroxylation is 2. The van der Waals surface area contributed by atoms with Crippen LogP contribution in [0.4, 0.5) is 5.82 Å². The number of carbonyl (C=O) groups is 4. The largest absolute Gasteiger partial charge is 3.00 e. The topological polar surface area (TPSA) is 593 Å². The third-order valence-electron chi connectivity index (χ3n) is 23.6. The minimum atomic E-state index is -5.07. The van der Waals surface area contributed by atoms with Crippen molar-refractivity contribution in [3.63, 3.8) is 0 Å². The molecule has 4 aromatic rings. The Balaban J connectivity index is 0.000000623. The number of aromatic amines is 1. The number of aliphatic imine (C=N–C) groups is 3. The molecule has 2 unspecified atom stereocenters. The Bertz CT molecular complexity index is 4520. The summed E-state index contributed by atoms with van der Waals surface area (Å²) in [5.41, 5.74) is 25.9. The van der Waals surface area contributed by atoms with Crippen molar-refractivity contribution >= 4 is 94.3 Å². The molecule has 4 amide bonds. The molecule has 3 fully saturated rings. The molecule has 10 heterocycles. The Morgan fingerprint density at radius 2 is 1.46 bits per heavy atom. The normalized spacial score (nSPS) is 31.8. The van der Waals surface area contributed by atoms with Crippen LogP contribution in [0, 0.1) is 82.3 Å². The Kier molecular flexibility index (Phi) is 25.0. The quantitative estimate of drug-likeness (QED) is 0.0130. The first-order valence-electron chi connectivity index (χ1n) is 35.9. The van der Waals surface area contributed by atoms with Crippen molar-refractivity contribution in [1.82, 2.24) is 35.1 Å². The number of hydrogen-bond donors (Lipinski definition) is 15. The van der Waals surface area contributed by atoms with Crippen LogP contribution in [0.3, 0.4) is 0 Å². The summed E-state index contributed by atoms with van der Waals surface area (Å²) in [6, 6.07) is 2.74. The van der Waals surface area contributed by atoms with Gasteiger partial charge in [0.15, 0.2) is 28.7 Å². The van der Waals surface area contributed by atoms with E-state index in [1.54, 1.807) is 38.6 Å². The van der Waals surface area contributed by atoms with Crippen molar-refractivity contribution in [2.24, 2.45) is 77.5 Å². The number of aliphatic hydroxyl groups is 4. The van der Waals surface area contributed by atoms with Crippen LogP contribution in [0.25, 0.3) is 22.2 Å². The van der Waals surface area contributed by atoms with E-state index in [2.05, 4.69) is 37.5 Å². The van der Waals surface area contributed by atoms with Crippen molar-refractivity contribution < 1.29 is 104 Å². The SMILES string of the molecule is CC1=C2N=C(C=C3NC(=C(C)C4=N[C@@](C)([C@@H]5N=C1[C@](C)(CCC(=O)NC[C@@H](C)OP(=O)(O)O[C@H]1C(O)[C@@H]([n+]6c[nH]c7cc(C)c(C)cc76)O[C@@H]1CO)[C@H]5CC(N)=O)[C@@](C)(CC(N)=O)[C@@H]4CCC(=N)[O-])[C@@](C)(CC(N)=O)[C@@H]3CCC(=N)[O-])C(C)(C)[C@@H]2CCC(=N)[O-].[CH2-][C@H]1O[C@@H](n2cnc3c(N)ncnc32)[C@H](O)[C@@H]1O.[Co+3]. The molecule has 19 atom stereocenters. The number of nitrogens with zero attached hydrogens (tertiary/aromatic N) is 8. The summed E-state index contributed by atoms with van der Waals surface area (Å²) in [4.78, 5) is 98.0. The number of aromatic nitrogens is 6. The monoisotopic (exact) mass is 1580 g/mol. The zero-order valence-corrected chi connectivity index (χ0v) is 64.7. The number of anilines is 1. The number of ether oxygens (including phenoxy) is 2. The van der Waals surface area contributed by atoms with Gasteiger partial charge in [0.25, 0.3) is 0 Å². The second kappa shape index (κ2) is 32.2. The number of primary amides is 3. The molecule has 1 aromatic carbocycles. The van der Waals surface area contributed by atoms with Crippen LogP contribution in [0.5, 0.6) is 0 Å². The summed E-state index contributed by atoms with van der Waals surface area (Å²) in [6.07, 6.45) is -5.76. The number of nitrogens with one attached hydrogen (secondary N) is 6. The number of hydrogen-bond acceptors (Lipinski definition) is 27. The number of nitrogens with two attached hydrogens (primary N) is 4. The fraction of sp³-hybridized carbons (Fsp3) is 0.597. The summed E-state index contributed by atoms with van der Waals surface area (Å²) in [7, 11) is -5.07. The first-order valence-corrected chi connectivity index (χ1v) is 37.4. The molecule has 0 saturated carbocycles. The fourth-order valence-corrected chi connectivity index (χ4v) is 18.6. The van der Waals surface area contributed by atoms with Crippen LogP contribution in [-0.4, -0.2) is 176 Å². The Morgan fingerprint density at radius 1 is 0.835 bits per heavy atom. The number of nitrogen functional groups attached to an aromatic ring is 1. The van der Waals surface area contributed by atoms with Gasteiger partial charge in [-0.1, -0.05) is 34.6 Å². The van der Waals surface area contributed by atoms with Gasteiger partial charge in [0.1, 0.15) is 36.3 Å². The number of carbonyl (C=O) groups excluding carboxylic acids is 4. The third kappa shape index (κ3) is 16.3. The predicted octanol–water partition coefficient (Wildman–Crippen LogP) is 0.998. The number of rotatable bonds is 27. The molecule has 7 aliphatic heterocycles. The van der Waals surface area contributed by atoms with Gasteiger partial charge in [-0.05, 0) is 151 Å². The third-order valence-corrected chi connectivity index (χ3v) is 24.7. The van der Waals surface area contributed by atoms with Gasteiger partial charge in [-0.3, -0.25) is 47.8 Å². The smallest absolute Gasteiger partial charge is 0.862 e. The van der Waals surface area contributed by atoms with E-state index in [9.17, 15) is 64.4 Å². The van der Waals surface area contributed by atoms with Gasteiger partial charge in [-0.15, -0.1) is 0 Å². The van der Waals surface area contributed by atoms with E-state index < -0.39 is 168 Å². The zero-order chi connectivity index (χ0) is 79.6. The Morgan fingerprint density at radius 3 is 2.06 bits per heavy atom. The van der Waals surface area contributed by atoms with Gasteiger partial charge < -0.3 is 107 Å². The van der Waals surface area contributed by atoms with E-state index in [1.165, 1.54) is 24.1 Å². The molecule has 0 radical (unpaired) electrons. The summed E-state index contributed by atoms with van der Waals surface area (Å²) in [5.74, 6) is -7.99. The fourth-order valence-electron chi connectivity index (χ4n) is 17.5. The van der Waals surface area contributed by atoms with E-state index in [4.69, 9.17) is 72.7 Å². The number of fused-ring (bicyclic) bond motifs is 8. The van der Waals surface area contributed by atoms with Crippen molar-refractivity contribution in [3.8, 4) is 0 Å². The predicted molar refractivity (Wildman–Crippen MR) is 389 cm³/mol. The maximum atomic E-state index is 14.4. The van der Waals surface area contributed by atoms with Gasteiger partial charge >= 0.3 is 24.6 Å². The van der Waals surface area contributed by atoms with E-state index >= 15 is 0 Å². The molecule has 109 heavy (non-hydrogen) atoms. The summed E-state index contributed by atoms with van der Waals surface area (Å²) in [6.45, 7) is 22.6. The molecule has 35 nitrogen and oxygen atoms in total. The minimum absolute atomic E-state index is 0. The number of benzene rings is 1. The van der Waals surface area contributed by atoms with Crippen LogP contribution in [0.1, 0.15) is 157 Å². The number of H-pyrrole nitrogens is 1. The first kappa shape index (κ1) is 84.8. The number of aliphatic hydroxyl groups excluding tert-OH is 4. The molecule has 7 aliphatic rings. The molecule has 0 spiro atoms. The van der Waals surface area contributed by atoms with Crippen molar-refractivity contribution in [3.05, 3.63) is 83.5 Å². The Hall–Kier alpha value is -8.26. The van der Waals surface area contributed by atoms with E-state index in [0.29, 0.717) is 62.1 Å². The number of amides is 4. The van der Waals surface area contributed by atoms with Gasteiger partial charge in [0.2, 0.25) is 36.2 Å². The molecule has 19 N–H and O–H groups in total. The molecule has 3 saturated heterocycles. The average molecular weight is 1580 g/mol. The molecule has 0 aliphatic carbocycles. The molecule has 8 bridgehead atoms. The van der Waals surface area contributed by atoms with Crippen LogP contribution in [0.15, 0.2) is 80.4 Å². The van der Waals surface area contributed by atoms with Gasteiger partial charge in [-0.25, -0.2) is 24.5 Å². The molecule has 11 rings (SSSR count). The van der Waals surface area contributed by atoms with Gasteiger partial charge in [0.05, 0.1) is 36.7 Å². The van der Waals surface area contributed by atoms with E-state index in [-0.39, 0.29) is 99.8 Å². The standard InChI is InChI=1S/C62H90N13O14P.C10H12N5O3.Co/c1-29-20-39-40(21-30(29)2)75(28-70-39)57-52(84)53(41(27-76)87-57)89-90(85,86)88-31(3)26-69-49(83)18-19-59(8)37(22-46(66)80)56-62(11)61(10,25-48(68)82)36(14-17-45(65)79)51(74-62)33(5)55-60(9,24-47(67)81)34(12-15-43(63)77)38(71-55)23-42-58(6,7)35(13-16-44(64)78)50(72-42)32(4)54(59)73-56;1-4-6(16)7(17)10(18-4)15-3-14-5-8(11)12-2-13-9(5)15;/h20-21,23,28,31,34-37,41,52-53,56-57,76,84H,12-19,22,24-27H2,1-11H3,(H15,63,64,65,66,67,68,69,71,72,73,74,77,78,79,80,81,82,83,85,86);2-4,6-7,10,16-17H,1H2,(H2,11,12,13);/q;-1;+3/p-2/t31-,34-,35-,36-,37+,41-,52?,53-,56-,57+,59-,60+,61+,62+;4-,6-,7-,10-;/m11./s1. The van der Waals surface area contributed by atoms with Crippen LogP contribution >= 0.6 is 7.82 Å². The van der Waals surface area contributed by atoms with Crippen molar-refractivity contribution in [1.29, 1.82) is 16.2 Å². The van der Waals surface area contributed by atoms with E-state index in [1.807, 2.05) is 59.8 Å².